The molecule has 2 aromatic carbocycles. The van der Waals surface area contributed by atoms with E-state index < -0.39 is 23.6 Å². The van der Waals surface area contributed by atoms with Crippen LogP contribution in [-0.2, 0) is 14.9 Å². The van der Waals surface area contributed by atoms with Crippen LogP contribution in [0.15, 0.2) is 58.5 Å². The lowest BCUT2D eigenvalue weighted by Crippen LogP contribution is -2.52. The zero-order valence-corrected chi connectivity index (χ0v) is 23.0. The molecule has 8 heteroatoms. The summed E-state index contributed by atoms with van der Waals surface area (Å²) < 4.78 is 5.34. The van der Waals surface area contributed by atoms with E-state index in [0.717, 1.165) is 36.8 Å². The van der Waals surface area contributed by atoms with E-state index in [1.165, 1.54) is 5.56 Å². The molecule has 1 heterocycles. The molecule has 3 atom stereocenters. The molecule has 1 aliphatic heterocycles. The molecular formula is C31H38N4O4. The molecule has 8 nitrogen and oxygen atoms in total. The van der Waals surface area contributed by atoms with Crippen molar-refractivity contribution >= 4 is 24.0 Å². The summed E-state index contributed by atoms with van der Waals surface area (Å²) in [5.74, 6) is -0.588. The Hall–Kier alpha value is -3.36. The zero-order chi connectivity index (χ0) is 27.8. The molecule has 0 aromatic heterocycles. The molecule has 0 bridgehead atoms. The first-order valence-electron chi connectivity index (χ1n) is 13.9. The van der Waals surface area contributed by atoms with Gasteiger partial charge in [-0.3, -0.25) is 14.5 Å². The van der Waals surface area contributed by atoms with Crippen LogP contribution < -0.4 is 5.73 Å². The van der Waals surface area contributed by atoms with Crippen LogP contribution in [0.5, 0.6) is 0 Å². The number of carbonyl (C=O) groups excluding carboxylic acids is 2. The summed E-state index contributed by atoms with van der Waals surface area (Å²) in [7, 11) is 1.61. The topological polar surface area (TPSA) is 118 Å². The fourth-order valence-electron chi connectivity index (χ4n) is 6.37. The van der Waals surface area contributed by atoms with Gasteiger partial charge >= 0.3 is 0 Å². The monoisotopic (exact) mass is 530 g/mol. The van der Waals surface area contributed by atoms with Crippen LogP contribution in [0.4, 0.5) is 0 Å². The molecule has 0 radical (unpaired) electrons. The first-order valence-corrected chi connectivity index (χ1v) is 13.9. The van der Waals surface area contributed by atoms with Gasteiger partial charge < -0.3 is 15.6 Å². The molecule has 5 rings (SSSR count). The number of nitrogens with two attached hydrogens (primary N) is 1. The van der Waals surface area contributed by atoms with Gasteiger partial charge in [-0.2, -0.15) is 0 Å². The zero-order valence-electron chi connectivity index (χ0n) is 23.0. The minimum absolute atomic E-state index is 0.0788. The first-order chi connectivity index (χ1) is 18.8. The average Bonchev–Trinajstić information content (AvgIpc) is 3.72. The lowest BCUT2D eigenvalue weighted by Gasteiger charge is -2.40. The van der Waals surface area contributed by atoms with Gasteiger partial charge in [0.1, 0.15) is 0 Å². The van der Waals surface area contributed by atoms with Crippen LogP contribution in [0.25, 0.3) is 0 Å². The Morgan fingerprint density at radius 1 is 1.23 bits per heavy atom. The summed E-state index contributed by atoms with van der Waals surface area (Å²) in [5.41, 5.74) is 9.12. The molecule has 2 amide bonds. The highest BCUT2D eigenvalue weighted by atomic mass is 16.5. The van der Waals surface area contributed by atoms with Crippen molar-refractivity contribution in [1.82, 2.24) is 4.90 Å². The van der Waals surface area contributed by atoms with Crippen LogP contribution in [0.1, 0.15) is 91.4 Å². The van der Waals surface area contributed by atoms with Crippen molar-refractivity contribution in [1.29, 1.82) is 0 Å². The fraction of sp³-hybridized carbons (Fsp3) is 0.484. The van der Waals surface area contributed by atoms with Crippen molar-refractivity contribution in [2.45, 2.75) is 81.4 Å². The van der Waals surface area contributed by atoms with Gasteiger partial charge in [0.25, 0.3) is 5.91 Å². The molecular weight excluding hydrogens is 492 g/mol. The van der Waals surface area contributed by atoms with E-state index in [4.69, 9.17) is 15.5 Å². The van der Waals surface area contributed by atoms with E-state index >= 15 is 0 Å². The Morgan fingerprint density at radius 2 is 1.97 bits per heavy atom. The number of fused-ring (bicyclic) bond motifs is 2. The van der Waals surface area contributed by atoms with E-state index in [1.54, 1.807) is 36.4 Å². The van der Waals surface area contributed by atoms with E-state index in [2.05, 4.69) is 11.1 Å². The lowest BCUT2D eigenvalue weighted by atomic mass is 9.87. The second-order valence-corrected chi connectivity index (χ2v) is 11.1. The van der Waals surface area contributed by atoms with Crippen LogP contribution in [-0.4, -0.2) is 59.4 Å². The number of amides is 2. The summed E-state index contributed by atoms with van der Waals surface area (Å²) in [6.07, 6.45) is 5.17. The molecule has 1 spiro atoms. The summed E-state index contributed by atoms with van der Waals surface area (Å²) in [4.78, 5) is 37.2. The molecule has 206 valence electrons. The van der Waals surface area contributed by atoms with Gasteiger partial charge in [-0.1, -0.05) is 50.2 Å². The lowest BCUT2D eigenvalue weighted by molar-refractivity contribution is -0.131. The minimum atomic E-state index is -0.582. The maximum absolute atomic E-state index is 13.4. The highest BCUT2D eigenvalue weighted by Gasteiger charge is 2.58. The number of methoxy groups -OCH3 is 1. The number of aliphatic imine (C=N–C) groups is 2. The highest BCUT2D eigenvalue weighted by Crippen LogP contribution is 2.60. The third kappa shape index (κ3) is 4.80. The summed E-state index contributed by atoms with van der Waals surface area (Å²) >= 11 is 0. The Labute approximate surface area is 230 Å². The molecule has 2 unspecified atom stereocenters. The minimum Gasteiger partial charge on any atom is -0.391 e. The van der Waals surface area contributed by atoms with Crippen LogP contribution in [0.2, 0.25) is 0 Å². The van der Waals surface area contributed by atoms with Gasteiger partial charge in [0.05, 0.1) is 24.1 Å². The standard InChI is InChI=1S/C31H38N4O4/c1-4-30(5-2)18-26(36)35(29(32)34-30)25(13-16-39-3)20-9-8-10-21(17-20)28(38)33-19-23-22-11-6-7-12-24(22)31(14-15-31)27(23)37/h6-12,17,19,23,25,27,37H,4-5,13-16,18H2,1-3H3,(H2,32,34)/t23?,25?,27-/m1/s1. The van der Waals surface area contributed by atoms with Crippen molar-refractivity contribution in [3.8, 4) is 0 Å². The van der Waals surface area contributed by atoms with Crippen molar-refractivity contribution in [2.24, 2.45) is 15.7 Å². The molecule has 39 heavy (non-hydrogen) atoms. The summed E-state index contributed by atoms with van der Waals surface area (Å²) in [5, 5.41) is 11.1. The molecule has 0 saturated heterocycles. The second-order valence-electron chi connectivity index (χ2n) is 11.1. The summed E-state index contributed by atoms with van der Waals surface area (Å²) in [6, 6.07) is 14.8. The second kappa shape index (κ2) is 10.7. The molecule has 2 aromatic rings. The Morgan fingerprint density at radius 3 is 2.64 bits per heavy atom. The average molecular weight is 531 g/mol. The van der Waals surface area contributed by atoms with E-state index in [0.29, 0.717) is 25.0 Å². The maximum atomic E-state index is 13.4. The van der Waals surface area contributed by atoms with E-state index in [1.807, 2.05) is 38.1 Å². The van der Waals surface area contributed by atoms with Gasteiger partial charge in [0.15, 0.2) is 5.96 Å². The van der Waals surface area contributed by atoms with Crippen LogP contribution >= 0.6 is 0 Å². The third-order valence-electron chi connectivity index (χ3n) is 8.99. The van der Waals surface area contributed by atoms with Gasteiger partial charge in [-0.25, -0.2) is 9.98 Å². The number of ether oxygens (including phenoxy) is 1. The van der Waals surface area contributed by atoms with Crippen molar-refractivity contribution in [3.63, 3.8) is 0 Å². The number of benzene rings is 2. The van der Waals surface area contributed by atoms with Crippen molar-refractivity contribution < 1.29 is 19.4 Å². The SMILES string of the molecule is CCC1(CC)CC(=O)N(C(CCOC)c2cccc(C(=O)N=CC3c4ccccc4C4(CC4)[C@@H]3O)c2)C(N)=N1. The van der Waals surface area contributed by atoms with E-state index in [9.17, 15) is 14.7 Å². The largest absolute Gasteiger partial charge is 0.391 e. The number of rotatable bonds is 9. The first kappa shape index (κ1) is 27.2. The highest BCUT2D eigenvalue weighted by molar-refractivity contribution is 6.01. The third-order valence-corrected chi connectivity index (χ3v) is 8.99. The number of nitrogens with zero attached hydrogens (tertiary/aromatic N) is 3. The number of aliphatic hydroxyl groups is 1. The smallest absolute Gasteiger partial charge is 0.276 e. The van der Waals surface area contributed by atoms with Gasteiger partial charge in [-0.15, -0.1) is 0 Å². The van der Waals surface area contributed by atoms with Crippen molar-refractivity contribution in [3.05, 3.63) is 70.8 Å². The number of hydrogen-bond acceptors (Lipinski definition) is 6. The van der Waals surface area contributed by atoms with E-state index in [-0.39, 0.29) is 23.2 Å². The van der Waals surface area contributed by atoms with Crippen LogP contribution in [0.3, 0.4) is 0 Å². The normalized spacial score (nSPS) is 23.6. The summed E-state index contributed by atoms with van der Waals surface area (Å²) in [6.45, 7) is 4.45. The molecule has 3 N–H and O–H groups in total. The Balaban J connectivity index is 1.41. The van der Waals surface area contributed by atoms with Gasteiger partial charge in [0, 0.05) is 36.8 Å². The number of hydrogen-bond donors (Lipinski definition) is 2. The Bertz CT molecular complexity index is 1310. The molecule has 2 aliphatic carbocycles. The Kier molecular flexibility index (Phi) is 7.44. The maximum Gasteiger partial charge on any atom is 0.276 e. The predicted molar refractivity (Wildman–Crippen MR) is 151 cm³/mol. The quantitative estimate of drug-likeness (QED) is 0.470. The molecule has 1 fully saturated rings. The number of guanidine groups is 1. The number of carbonyl (C=O) groups is 2. The van der Waals surface area contributed by atoms with Gasteiger partial charge in [-0.05, 0) is 60.9 Å². The van der Waals surface area contributed by atoms with Crippen molar-refractivity contribution in [2.75, 3.05) is 13.7 Å². The van der Waals surface area contributed by atoms with Gasteiger partial charge in [0.2, 0.25) is 5.91 Å². The molecule has 3 aliphatic rings. The predicted octanol–water partition coefficient (Wildman–Crippen LogP) is 4.27. The fourth-order valence-corrected chi connectivity index (χ4v) is 6.37. The molecule has 1 saturated carbocycles. The number of aliphatic hydroxyl groups excluding tert-OH is 1. The van der Waals surface area contributed by atoms with Crippen LogP contribution in [0, 0.1) is 0 Å².